The Labute approximate surface area is 208 Å². The second-order valence-electron chi connectivity index (χ2n) is 10.3. The molecule has 0 saturated carbocycles. The maximum Gasteiger partial charge on any atom is 0.295 e. The van der Waals surface area contributed by atoms with E-state index in [1.165, 1.54) is 4.57 Å². The number of alkyl halides is 2. The molecule has 0 aliphatic carbocycles. The van der Waals surface area contributed by atoms with Crippen LogP contribution < -0.4 is 10.6 Å². The first-order chi connectivity index (χ1) is 17.0. The topological polar surface area (TPSA) is 99.5 Å². The quantitative estimate of drug-likeness (QED) is 0.341. The molecule has 1 aliphatic rings. The molecule has 1 fully saturated rings. The summed E-state index contributed by atoms with van der Waals surface area (Å²) in [5.41, 5.74) is 1.98. The number of rotatable bonds is 7. The van der Waals surface area contributed by atoms with E-state index in [-0.39, 0.29) is 30.2 Å². The van der Waals surface area contributed by atoms with Crippen molar-refractivity contribution in [3.63, 3.8) is 0 Å². The SMILES string of the molecule is CC(C)(C)CN(O)C(=O)[C@H]1CNC[C@H]1NC(=O)c1ccc(Cn2c(C(F)F)nc3ccccc32)cc1. The summed E-state index contributed by atoms with van der Waals surface area (Å²) in [5, 5.41) is 16.9. The molecule has 2 amide bonds. The Hall–Kier alpha value is -3.37. The van der Waals surface area contributed by atoms with Crippen LogP contribution in [0.2, 0.25) is 0 Å². The van der Waals surface area contributed by atoms with E-state index in [1.807, 2.05) is 20.8 Å². The van der Waals surface area contributed by atoms with Crippen molar-refractivity contribution < 1.29 is 23.6 Å². The van der Waals surface area contributed by atoms with E-state index in [4.69, 9.17) is 0 Å². The molecule has 4 rings (SSSR count). The average Bonchev–Trinajstić information content (AvgIpc) is 3.43. The fourth-order valence-corrected chi connectivity index (χ4v) is 4.43. The van der Waals surface area contributed by atoms with Gasteiger partial charge in [-0.15, -0.1) is 0 Å². The number of hydrogen-bond acceptors (Lipinski definition) is 5. The average molecular weight is 500 g/mol. The van der Waals surface area contributed by atoms with Gasteiger partial charge in [0.2, 0.25) is 0 Å². The van der Waals surface area contributed by atoms with Gasteiger partial charge in [-0.25, -0.2) is 18.8 Å². The molecular formula is C26H31F2N5O3. The zero-order valence-corrected chi connectivity index (χ0v) is 20.5. The Morgan fingerprint density at radius 2 is 1.86 bits per heavy atom. The standard InChI is InChI=1S/C26H31F2N5O3/c1-26(2,3)15-33(36)25(35)18-12-29-13-20(18)31-24(34)17-10-8-16(9-11-17)14-32-21-7-5-4-6-19(21)30-23(32)22(27)28/h4-11,18,20,22,29,36H,12-15H2,1-3H3,(H,31,34)/t18-,20+/m0/s1. The van der Waals surface area contributed by atoms with Crippen molar-refractivity contribution in [1.29, 1.82) is 0 Å². The Morgan fingerprint density at radius 3 is 2.53 bits per heavy atom. The summed E-state index contributed by atoms with van der Waals surface area (Å²) in [6.07, 6.45) is -2.71. The van der Waals surface area contributed by atoms with E-state index >= 15 is 0 Å². The fourth-order valence-electron chi connectivity index (χ4n) is 4.43. The van der Waals surface area contributed by atoms with Crippen LogP contribution in [0.5, 0.6) is 0 Å². The second kappa shape index (κ2) is 10.3. The summed E-state index contributed by atoms with van der Waals surface area (Å²) in [6, 6.07) is 13.2. The lowest BCUT2D eigenvalue weighted by molar-refractivity contribution is -0.175. The molecule has 192 valence electrons. The van der Waals surface area contributed by atoms with Gasteiger partial charge >= 0.3 is 0 Å². The number of hydroxylamine groups is 2. The third-order valence-electron chi connectivity index (χ3n) is 6.16. The maximum absolute atomic E-state index is 13.6. The molecule has 10 heteroatoms. The number of nitrogens with zero attached hydrogens (tertiary/aromatic N) is 3. The van der Waals surface area contributed by atoms with E-state index in [9.17, 15) is 23.6 Å². The van der Waals surface area contributed by atoms with Gasteiger partial charge in [0.15, 0.2) is 5.82 Å². The third kappa shape index (κ3) is 5.71. The summed E-state index contributed by atoms with van der Waals surface area (Å²) < 4.78 is 28.6. The smallest absolute Gasteiger partial charge is 0.295 e. The van der Waals surface area contributed by atoms with Crippen LogP contribution >= 0.6 is 0 Å². The molecule has 1 aliphatic heterocycles. The number of fused-ring (bicyclic) bond motifs is 1. The van der Waals surface area contributed by atoms with Crippen LogP contribution in [0.15, 0.2) is 48.5 Å². The minimum absolute atomic E-state index is 0.184. The zero-order valence-electron chi connectivity index (χ0n) is 20.5. The first-order valence-electron chi connectivity index (χ1n) is 11.9. The molecule has 0 unspecified atom stereocenters. The van der Waals surface area contributed by atoms with Crippen LogP contribution in [-0.2, 0) is 11.3 Å². The van der Waals surface area contributed by atoms with Crippen molar-refractivity contribution >= 4 is 22.8 Å². The number of amides is 2. The predicted molar refractivity (Wildman–Crippen MR) is 131 cm³/mol. The van der Waals surface area contributed by atoms with Crippen molar-refractivity contribution in [2.24, 2.45) is 11.3 Å². The van der Waals surface area contributed by atoms with Gasteiger partial charge in [-0.3, -0.25) is 14.8 Å². The normalized spacial score (nSPS) is 18.1. The number of carbonyl (C=O) groups is 2. The summed E-state index contributed by atoms with van der Waals surface area (Å²) in [5.74, 6) is -1.66. The van der Waals surface area contributed by atoms with E-state index in [2.05, 4.69) is 15.6 Å². The molecular weight excluding hydrogens is 468 g/mol. The van der Waals surface area contributed by atoms with E-state index in [0.29, 0.717) is 29.7 Å². The van der Waals surface area contributed by atoms with Crippen molar-refractivity contribution in [3.05, 3.63) is 65.5 Å². The number of nitrogens with one attached hydrogen (secondary N) is 2. The molecule has 0 bridgehead atoms. The first-order valence-corrected chi connectivity index (χ1v) is 11.9. The van der Waals surface area contributed by atoms with Gasteiger partial charge in [0.25, 0.3) is 18.2 Å². The van der Waals surface area contributed by atoms with Crippen molar-refractivity contribution in [2.75, 3.05) is 19.6 Å². The summed E-state index contributed by atoms with van der Waals surface area (Å²) in [7, 11) is 0. The van der Waals surface area contributed by atoms with Crippen molar-refractivity contribution in [3.8, 4) is 0 Å². The number of para-hydroxylation sites is 2. The molecule has 3 aromatic rings. The highest BCUT2D eigenvalue weighted by atomic mass is 19.3. The number of hydrogen-bond donors (Lipinski definition) is 3. The van der Waals surface area contributed by atoms with Crippen LogP contribution in [0, 0.1) is 11.3 Å². The maximum atomic E-state index is 13.6. The van der Waals surface area contributed by atoms with Crippen molar-refractivity contribution in [1.82, 2.24) is 25.2 Å². The molecule has 8 nitrogen and oxygen atoms in total. The molecule has 0 radical (unpaired) electrons. The first kappa shape index (κ1) is 25.7. The zero-order chi connectivity index (χ0) is 26.0. The summed E-state index contributed by atoms with van der Waals surface area (Å²) in [6.45, 7) is 6.90. The predicted octanol–water partition coefficient (Wildman–Crippen LogP) is 3.60. The van der Waals surface area contributed by atoms with Crippen LogP contribution in [0.25, 0.3) is 11.0 Å². The number of imidazole rings is 1. The highest BCUT2D eigenvalue weighted by molar-refractivity contribution is 5.95. The fraction of sp³-hybridized carbons (Fsp3) is 0.423. The van der Waals surface area contributed by atoms with E-state index < -0.39 is 24.3 Å². The minimum atomic E-state index is -2.71. The molecule has 2 atom stereocenters. The van der Waals surface area contributed by atoms with Gasteiger partial charge in [-0.05, 0) is 35.2 Å². The monoisotopic (exact) mass is 499 g/mol. The van der Waals surface area contributed by atoms with E-state index in [0.717, 1.165) is 10.6 Å². The number of benzene rings is 2. The molecule has 1 saturated heterocycles. The van der Waals surface area contributed by atoms with E-state index in [1.54, 1.807) is 48.5 Å². The number of aromatic nitrogens is 2. The Bertz CT molecular complexity index is 1240. The lowest BCUT2D eigenvalue weighted by atomic mass is 9.95. The van der Waals surface area contributed by atoms with Gasteiger partial charge in [0, 0.05) is 25.2 Å². The highest BCUT2D eigenvalue weighted by Crippen LogP contribution is 2.25. The largest absolute Gasteiger partial charge is 0.347 e. The van der Waals surface area contributed by atoms with Crippen LogP contribution in [0.3, 0.4) is 0 Å². The van der Waals surface area contributed by atoms with Gasteiger partial charge in [0.05, 0.1) is 29.5 Å². The Morgan fingerprint density at radius 1 is 1.17 bits per heavy atom. The molecule has 2 aromatic carbocycles. The van der Waals surface area contributed by atoms with Gasteiger partial charge in [0.1, 0.15) is 0 Å². The molecule has 3 N–H and O–H groups in total. The Kier molecular flexibility index (Phi) is 7.37. The highest BCUT2D eigenvalue weighted by Gasteiger charge is 2.37. The van der Waals surface area contributed by atoms with Gasteiger partial charge in [-0.2, -0.15) is 0 Å². The van der Waals surface area contributed by atoms with Crippen molar-refractivity contribution in [2.45, 2.75) is 39.8 Å². The Balaban J connectivity index is 1.43. The molecule has 1 aromatic heterocycles. The van der Waals surface area contributed by atoms with Gasteiger partial charge in [-0.1, -0.05) is 45.0 Å². The number of carbonyl (C=O) groups excluding carboxylic acids is 2. The lowest BCUT2D eigenvalue weighted by Crippen LogP contribution is -2.48. The minimum Gasteiger partial charge on any atom is -0.347 e. The summed E-state index contributed by atoms with van der Waals surface area (Å²) >= 11 is 0. The van der Waals surface area contributed by atoms with Crippen LogP contribution in [-0.4, -0.2) is 57.3 Å². The van der Waals surface area contributed by atoms with Gasteiger partial charge < -0.3 is 15.2 Å². The number of halogens is 2. The third-order valence-corrected chi connectivity index (χ3v) is 6.16. The second-order valence-corrected chi connectivity index (χ2v) is 10.3. The molecule has 36 heavy (non-hydrogen) atoms. The van der Waals surface area contributed by atoms with Crippen LogP contribution in [0.1, 0.15) is 48.9 Å². The lowest BCUT2D eigenvalue weighted by Gasteiger charge is -2.28. The molecule has 2 heterocycles. The molecule has 0 spiro atoms. The summed E-state index contributed by atoms with van der Waals surface area (Å²) in [4.78, 5) is 29.7. The van der Waals surface area contributed by atoms with Crippen LogP contribution in [0.4, 0.5) is 8.78 Å².